The molecule has 5 rings (SSSR count). The van der Waals surface area contributed by atoms with Crippen LogP contribution in [-0.4, -0.2) is 20.2 Å². The van der Waals surface area contributed by atoms with E-state index >= 15 is 0 Å². The molecule has 156 valence electrons. The summed E-state index contributed by atoms with van der Waals surface area (Å²) in [5.74, 6) is 0.743. The number of hydrogen-bond donors (Lipinski definition) is 0. The van der Waals surface area contributed by atoms with Crippen molar-refractivity contribution in [2.75, 3.05) is 0 Å². The number of hydrogen-bond acceptors (Lipinski definition) is 3. The molecule has 1 heterocycles. The number of alkyl halides is 1. The summed E-state index contributed by atoms with van der Waals surface area (Å²) < 4.78 is 1.85. The standard InChI is InChI=1S/C27H21BrN4/c28-20-21-16-18-25(19-17-21)32-26(29-30-31-32)27(22-10-4-1-5-11-22,23-12-6-2-7-13-23)24-14-8-3-9-15-24/h1-19H,20H2. The molecule has 0 unspecified atom stereocenters. The number of benzene rings is 4. The van der Waals surface area contributed by atoms with Crippen LogP contribution in [0.2, 0.25) is 0 Å². The SMILES string of the molecule is BrCc1ccc(-n2nnnc2C(c2ccccc2)(c2ccccc2)c2ccccc2)cc1. The average molecular weight is 481 g/mol. The molecule has 0 fully saturated rings. The molecular weight excluding hydrogens is 460 g/mol. The lowest BCUT2D eigenvalue weighted by molar-refractivity contribution is 0.643. The molecule has 5 aromatic rings. The van der Waals surface area contributed by atoms with Crippen LogP contribution >= 0.6 is 15.9 Å². The second-order valence-electron chi connectivity index (χ2n) is 7.56. The van der Waals surface area contributed by atoms with Gasteiger partial charge in [-0.3, -0.25) is 0 Å². The highest BCUT2D eigenvalue weighted by Crippen LogP contribution is 2.44. The van der Waals surface area contributed by atoms with Crippen LogP contribution in [0.4, 0.5) is 0 Å². The molecule has 0 aliphatic heterocycles. The minimum Gasteiger partial charge on any atom is -0.196 e. The Morgan fingerprint density at radius 2 is 1.09 bits per heavy atom. The Balaban J connectivity index is 1.85. The molecule has 0 saturated heterocycles. The fraction of sp³-hybridized carbons (Fsp3) is 0.0741. The molecule has 0 spiro atoms. The lowest BCUT2D eigenvalue weighted by Gasteiger charge is -2.34. The smallest absolute Gasteiger partial charge is 0.176 e. The third-order valence-electron chi connectivity index (χ3n) is 5.76. The highest BCUT2D eigenvalue weighted by atomic mass is 79.9. The maximum absolute atomic E-state index is 4.63. The van der Waals surface area contributed by atoms with E-state index in [-0.39, 0.29) is 0 Å². The van der Waals surface area contributed by atoms with Crippen LogP contribution in [0, 0.1) is 0 Å². The number of rotatable bonds is 6. The van der Waals surface area contributed by atoms with Crippen LogP contribution < -0.4 is 0 Å². The highest BCUT2D eigenvalue weighted by Gasteiger charge is 2.43. The first kappa shape index (κ1) is 20.3. The molecule has 1 aromatic heterocycles. The number of aromatic nitrogens is 4. The Morgan fingerprint density at radius 1 is 0.625 bits per heavy atom. The van der Waals surface area contributed by atoms with E-state index in [0.29, 0.717) is 0 Å². The zero-order chi connectivity index (χ0) is 21.8. The highest BCUT2D eigenvalue weighted by molar-refractivity contribution is 9.08. The summed E-state index contributed by atoms with van der Waals surface area (Å²) in [5, 5.41) is 14.0. The average Bonchev–Trinajstić information content (AvgIpc) is 3.37. The normalized spacial score (nSPS) is 11.4. The van der Waals surface area contributed by atoms with Crippen molar-refractivity contribution < 1.29 is 0 Å². The monoisotopic (exact) mass is 480 g/mol. The van der Waals surface area contributed by atoms with Crippen LogP contribution in [0.3, 0.4) is 0 Å². The molecule has 0 amide bonds. The topological polar surface area (TPSA) is 43.6 Å². The van der Waals surface area contributed by atoms with Gasteiger partial charge in [0.05, 0.1) is 5.69 Å². The van der Waals surface area contributed by atoms with Gasteiger partial charge in [0.25, 0.3) is 0 Å². The van der Waals surface area contributed by atoms with Crippen LogP contribution in [0.25, 0.3) is 5.69 Å². The number of tetrazole rings is 1. The molecule has 0 saturated carbocycles. The lowest BCUT2D eigenvalue weighted by Crippen LogP contribution is -2.34. The summed E-state index contributed by atoms with van der Waals surface area (Å²) >= 11 is 3.52. The molecule has 0 bridgehead atoms. The summed E-state index contributed by atoms with van der Waals surface area (Å²) in [6.07, 6.45) is 0. The first-order valence-electron chi connectivity index (χ1n) is 10.4. The number of halogens is 1. The Labute approximate surface area is 195 Å². The lowest BCUT2D eigenvalue weighted by atomic mass is 9.68. The van der Waals surface area contributed by atoms with Crippen LogP contribution in [-0.2, 0) is 10.7 Å². The molecule has 0 aliphatic carbocycles. The van der Waals surface area contributed by atoms with E-state index in [0.717, 1.165) is 33.5 Å². The van der Waals surface area contributed by atoms with Crippen LogP contribution in [0.15, 0.2) is 115 Å². The van der Waals surface area contributed by atoms with Gasteiger partial charge in [-0.1, -0.05) is 119 Å². The fourth-order valence-electron chi connectivity index (χ4n) is 4.27. The fourth-order valence-corrected chi connectivity index (χ4v) is 4.65. The Morgan fingerprint density at radius 3 is 1.53 bits per heavy atom. The summed E-state index contributed by atoms with van der Waals surface area (Å²) in [6.45, 7) is 0. The summed E-state index contributed by atoms with van der Waals surface area (Å²) in [7, 11) is 0. The summed E-state index contributed by atoms with van der Waals surface area (Å²) in [4.78, 5) is 0. The third kappa shape index (κ3) is 3.45. The summed E-state index contributed by atoms with van der Waals surface area (Å²) in [5.41, 5.74) is 4.73. The molecule has 0 atom stereocenters. The van der Waals surface area contributed by atoms with E-state index in [9.17, 15) is 0 Å². The molecule has 0 radical (unpaired) electrons. The van der Waals surface area contributed by atoms with Crippen LogP contribution in [0.1, 0.15) is 28.1 Å². The van der Waals surface area contributed by atoms with Gasteiger partial charge >= 0.3 is 0 Å². The maximum atomic E-state index is 4.63. The van der Waals surface area contributed by atoms with E-state index in [4.69, 9.17) is 0 Å². The van der Waals surface area contributed by atoms with Crippen molar-refractivity contribution >= 4 is 15.9 Å². The van der Waals surface area contributed by atoms with Crippen LogP contribution in [0.5, 0.6) is 0 Å². The quantitative estimate of drug-likeness (QED) is 0.223. The van der Waals surface area contributed by atoms with E-state index in [1.165, 1.54) is 5.56 Å². The van der Waals surface area contributed by atoms with Gasteiger partial charge in [-0.15, -0.1) is 5.10 Å². The van der Waals surface area contributed by atoms with E-state index < -0.39 is 5.41 Å². The Kier molecular flexibility index (Phi) is 5.65. The largest absolute Gasteiger partial charge is 0.196 e. The first-order valence-corrected chi connectivity index (χ1v) is 11.6. The zero-order valence-electron chi connectivity index (χ0n) is 17.3. The molecule has 4 aromatic carbocycles. The summed E-state index contributed by atoms with van der Waals surface area (Å²) in [6, 6.07) is 39.7. The number of nitrogens with zero attached hydrogens (tertiary/aromatic N) is 4. The minimum absolute atomic E-state index is 0.693. The first-order chi connectivity index (χ1) is 15.8. The molecule has 0 aliphatic rings. The zero-order valence-corrected chi connectivity index (χ0v) is 18.9. The molecule has 4 nitrogen and oxygen atoms in total. The van der Waals surface area contributed by atoms with Crippen molar-refractivity contribution in [3.8, 4) is 5.69 Å². The molecule has 0 N–H and O–H groups in total. The second-order valence-corrected chi connectivity index (χ2v) is 8.12. The molecule has 32 heavy (non-hydrogen) atoms. The van der Waals surface area contributed by atoms with Crippen molar-refractivity contribution in [3.05, 3.63) is 143 Å². The van der Waals surface area contributed by atoms with E-state index in [2.05, 4.69) is 129 Å². The van der Waals surface area contributed by atoms with Crippen molar-refractivity contribution in [3.63, 3.8) is 0 Å². The van der Waals surface area contributed by atoms with Gasteiger partial charge in [-0.2, -0.15) is 4.68 Å². The van der Waals surface area contributed by atoms with Gasteiger partial charge in [0.2, 0.25) is 0 Å². The second kappa shape index (κ2) is 8.89. The molecular formula is C27H21BrN4. The minimum atomic E-state index is -0.693. The van der Waals surface area contributed by atoms with E-state index in [1.807, 2.05) is 22.9 Å². The van der Waals surface area contributed by atoms with Crippen molar-refractivity contribution in [2.24, 2.45) is 0 Å². The van der Waals surface area contributed by atoms with E-state index in [1.54, 1.807) is 0 Å². The maximum Gasteiger partial charge on any atom is 0.176 e. The van der Waals surface area contributed by atoms with Gasteiger partial charge in [-0.05, 0) is 44.8 Å². The third-order valence-corrected chi connectivity index (χ3v) is 6.41. The predicted octanol–water partition coefficient (Wildman–Crippen LogP) is 5.94. The van der Waals surface area contributed by atoms with Gasteiger partial charge < -0.3 is 0 Å². The Bertz CT molecular complexity index is 1190. The predicted molar refractivity (Wildman–Crippen MR) is 130 cm³/mol. The van der Waals surface area contributed by atoms with Gasteiger partial charge in [0.15, 0.2) is 5.82 Å². The van der Waals surface area contributed by atoms with Gasteiger partial charge in [-0.25, -0.2) is 0 Å². The molecule has 5 heteroatoms. The van der Waals surface area contributed by atoms with Crippen molar-refractivity contribution in [2.45, 2.75) is 10.7 Å². The van der Waals surface area contributed by atoms with Crippen molar-refractivity contribution in [1.82, 2.24) is 20.2 Å². The van der Waals surface area contributed by atoms with Gasteiger partial charge in [0, 0.05) is 5.33 Å². The Hall–Kier alpha value is -3.57. The van der Waals surface area contributed by atoms with Gasteiger partial charge in [0.1, 0.15) is 5.41 Å². The van der Waals surface area contributed by atoms with Crippen molar-refractivity contribution in [1.29, 1.82) is 0 Å².